The fourth-order valence-electron chi connectivity index (χ4n) is 2.73. The minimum atomic E-state index is -0.0198. The van der Waals surface area contributed by atoms with E-state index in [1.54, 1.807) is 6.20 Å². The predicted molar refractivity (Wildman–Crippen MR) is 84.1 cm³/mol. The van der Waals surface area contributed by atoms with Crippen molar-refractivity contribution in [1.82, 2.24) is 9.97 Å². The maximum atomic E-state index is 11.4. The number of nitrogens with zero attached hydrogens (tertiary/aromatic N) is 2. The second kappa shape index (κ2) is 6.23. The van der Waals surface area contributed by atoms with Gasteiger partial charge in [0.15, 0.2) is 5.78 Å². The van der Waals surface area contributed by atoms with Gasteiger partial charge in [0.25, 0.3) is 0 Å². The highest BCUT2D eigenvalue weighted by atomic mass is 16.5. The molecule has 5 heteroatoms. The fraction of sp³-hybridized carbons (Fsp3) is 0.353. The van der Waals surface area contributed by atoms with Crippen LogP contribution in [0.25, 0.3) is 0 Å². The van der Waals surface area contributed by atoms with E-state index in [1.165, 1.54) is 18.1 Å². The minimum absolute atomic E-state index is 0.00124. The molecular formula is C17H19N3O2. The van der Waals surface area contributed by atoms with Crippen molar-refractivity contribution in [2.75, 3.05) is 18.5 Å². The zero-order valence-corrected chi connectivity index (χ0v) is 12.8. The molecule has 0 saturated carbocycles. The molecule has 0 saturated heterocycles. The number of ether oxygens (including phenoxy) is 1. The Morgan fingerprint density at radius 3 is 3.00 bits per heavy atom. The summed E-state index contributed by atoms with van der Waals surface area (Å²) in [7, 11) is 0. The normalized spacial score (nSPS) is 16.9. The Balaban J connectivity index is 1.71. The van der Waals surface area contributed by atoms with Gasteiger partial charge in [0.1, 0.15) is 6.10 Å². The molecule has 1 aliphatic rings. The zero-order valence-electron chi connectivity index (χ0n) is 12.8. The standard InChI is InChI=1S/C17H19N3O2/c1-11-15(12(2)21)9-18-17(20-11)19-10-16-14-6-4-3-5-13(14)7-8-22-16/h3-6,9,16H,7-8,10H2,1-2H3,(H,18,19,20)/t16-/m1/s1. The summed E-state index contributed by atoms with van der Waals surface area (Å²) in [6.45, 7) is 4.67. The van der Waals surface area contributed by atoms with Crippen LogP contribution in [0, 0.1) is 6.92 Å². The lowest BCUT2D eigenvalue weighted by atomic mass is 9.98. The molecule has 0 unspecified atom stereocenters. The van der Waals surface area contributed by atoms with E-state index in [1.807, 2.05) is 13.0 Å². The molecule has 1 aromatic carbocycles. The summed E-state index contributed by atoms with van der Waals surface area (Å²) >= 11 is 0. The number of anilines is 1. The van der Waals surface area contributed by atoms with Gasteiger partial charge in [-0.05, 0) is 31.4 Å². The van der Waals surface area contributed by atoms with Gasteiger partial charge in [-0.2, -0.15) is 0 Å². The average molecular weight is 297 g/mol. The molecule has 22 heavy (non-hydrogen) atoms. The molecule has 0 spiro atoms. The topological polar surface area (TPSA) is 64.1 Å². The number of carbonyl (C=O) groups excluding carboxylic acids is 1. The predicted octanol–water partition coefficient (Wildman–Crippen LogP) is 2.71. The Hall–Kier alpha value is -2.27. The van der Waals surface area contributed by atoms with Crippen LogP contribution in [-0.2, 0) is 11.2 Å². The summed E-state index contributed by atoms with van der Waals surface area (Å²) in [5, 5.41) is 3.20. The molecule has 0 fully saturated rings. The number of aryl methyl sites for hydroxylation is 1. The zero-order chi connectivity index (χ0) is 15.5. The molecule has 0 radical (unpaired) electrons. The largest absolute Gasteiger partial charge is 0.371 e. The van der Waals surface area contributed by atoms with E-state index in [-0.39, 0.29) is 11.9 Å². The molecule has 2 aromatic rings. The maximum absolute atomic E-state index is 11.4. The Morgan fingerprint density at radius 1 is 1.41 bits per heavy atom. The van der Waals surface area contributed by atoms with Gasteiger partial charge in [-0.1, -0.05) is 24.3 Å². The number of carbonyl (C=O) groups is 1. The molecule has 2 heterocycles. The lowest BCUT2D eigenvalue weighted by Gasteiger charge is -2.26. The van der Waals surface area contributed by atoms with Crippen LogP contribution < -0.4 is 5.32 Å². The number of hydrogen-bond acceptors (Lipinski definition) is 5. The summed E-state index contributed by atoms with van der Waals surface area (Å²) in [6.07, 6.45) is 2.53. The summed E-state index contributed by atoms with van der Waals surface area (Å²) in [5.74, 6) is 0.503. The molecule has 1 N–H and O–H groups in total. The van der Waals surface area contributed by atoms with Crippen LogP contribution in [0.5, 0.6) is 0 Å². The quantitative estimate of drug-likeness (QED) is 0.879. The van der Waals surface area contributed by atoms with Crippen molar-refractivity contribution in [2.24, 2.45) is 0 Å². The molecule has 0 amide bonds. The summed E-state index contributed by atoms with van der Waals surface area (Å²) in [6, 6.07) is 8.34. The van der Waals surface area contributed by atoms with Crippen LogP contribution in [0.15, 0.2) is 30.5 Å². The van der Waals surface area contributed by atoms with Crippen molar-refractivity contribution in [3.63, 3.8) is 0 Å². The van der Waals surface area contributed by atoms with Crippen LogP contribution in [-0.4, -0.2) is 28.9 Å². The Labute approximate surface area is 129 Å². The Bertz CT molecular complexity index is 700. The molecule has 5 nitrogen and oxygen atoms in total. The van der Waals surface area contributed by atoms with Gasteiger partial charge < -0.3 is 10.1 Å². The first kappa shape index (κ1) is 14.7. The molecule has 3 rings (SSSR count). The number of fused-ring (bicyclic) bond motifs is 1. The van der Waals surface area contributed by atoms with Gasteiger partial charge in [0.05, 0.1) is 17.9 Å². The molecule has 0 bridgehead atoms. The SMILES string of the molecule is CC(=O)c1cnc(NC[C@H]2OCCc3ccccc32)nc1C. The number of nitrogens with one attached hydrogen (secondary N) is 1. The van der Waals surface area contributed by atoms with E-state index in [9.17, 15) is 4.79 Å². The number of rotatable bonds is 4. The first-order valence-electron chi connectivity index (χ1n) is 7.43. The first-order valence-corrected chi connectivity index (χ1v) is 7.43. The average Bonchev–Trinajstić information content (AvgIpc) is 2.52. The molecule has 1 aliphatic heterocycles. The van der Waals surface area contributed by atoms with E-state index in [0.29, 0.717) is 23.8 Å². The highest BCUT2D eigenvalue weighted by Crippen LogP contribution is 2.26. The third kappa shape index (κ3) is 2.99. The van der Waals surface area contributed by atoms with Gasteiger partial charge >= 0.3 is 0 Å². The molecule has 1 atom stereocenters. The smallest absolute Gasteiger partial charge is 0.222 e. The van der Waals surface area contributed by atoms with E-state index in [0.717, 1.165) is 13.0 Å². The third-order valence-corrected chi connectivity index (χ3v) is 3.90. The number of hydrogen-bond donors (Lipinski definition) is 1. The Kier molecular flexibility index (Phi) is 4.15. The monoisotopic (exact) mass is 297 g/mol. The highest BCUT2D eigenvalue weighted by molar-refractivity contribution is 5.94. The van der Waals surface area contributed by atoms with Gasteiger partial charge in [-0.25, -0.2) is 9.97 Å². The van der Waals surface area contributed by atoms with Gasteiger partial charge in [-0.15, -0.1) is 0 Å². The number of Topliss-reactive ketones (excluding diaryl/α,β-unsaturated/α-hetero) is 1. The van der Waals surface area contributed by atoms with Crippen LogP contribution in [0.2, 0.25) is 0 Å². The first-order chi connectivity index (χ1) is 10.6. The third-order valence-electron chi connectivity index (χ3n) is 3.90. The van der Waals surface area contributed by atoms with Gasteiger partial charge in [-0.3, -0.25) is 4.79 Å². The number of aromatic nitrogens is 2. The van der Waals surface area contributed by atoms with Crippen LogP contribution in [0.1, 0.15) is 40.2 Å². The molecule has 114 valence electrons. The number of ketones is 1. The van der Waals surface area contributed by atoms with Crippen molar-refractivity contribution in [3.8, 4) is 0 Å². The highest BCUT2D eigenvalue weighted by Gasteiger charge is 2.20. The number of benzene rings is 1. The molecule has 1 aromatic heterocycles. The van der Waals surface area contributed by atoms with Crippen molar-refractivity contribution >= 4 is 11.7 Å². The summed E-state index contributed by atoms with van der Waals surface area (Å²) < 4.78 is 5.85. The van der Waals surface area contributed by atoms with Crippen molar-refractivity contribution in [2.45, 2.75) is 26.4 Å². The second-order valence-electron chi connectivity index (χ2n) is 5.44. The summed E-state index contributed by atoms with van der Waals surface area (Å²) in [4.78, 5) is 19.9. The Morgan fingerprint density at radius 2 is 2.23 bits per heavy atom. The lowest BCUT2D eigenvalue weighted by Crippen LogP contribution is -2.23. The second-order valence-corrected chi connectivity index (χ2v) is 5.44. The lowest BCUT2D eigenvalue weighted by molar-refractivity contribution is 0.0512. The van der Waals surface area contributed by atoms with Gasteiger partial charge in [0, 0.05) is 12.7 Å². The van der Waals surface area contributed by atoms with E-state index < -0.39 is 0 Å². The molecular weight excluding hydrogens is 278 g/mol. The van der Waals surface area contributed by atoms with Crippen LogP contribution in [0.3, 0.4) is 0 Å². The van der Waals surface area contributed by atoms with Gasteiger partial charge in [0.2, 0.25) is 5.95 Å². The van der Waals surface area contributed by atoms with Crippen LogP contribution in [0.4, 0.5) is 5.95 Å². The van der Waals surface area contributed by atoms with Crippen LogP contribution >= 0.6 is 0 Å². The summed E-state index contributed by atoms with van der Waals surface area (Å²) in [5.41, 5.74) is 3.81. The van der Waals surface area contributed by atoms with Crippen molar-refractivity contribution in [3.05, 3.63) is 52.8 Å². The van der Waals surface area contributed by atoms with Crippen molar-refractivity contribution < 1.29 is 9.53 Å². The van der Waals surface area contributed by atoms with E-state index in [4.69, 9.17) is 4.74 Å². The molecule has 0 aliphatic carbocycles. The maximum Gasteiger partial charge on any atom is 0.222 e. The van der Waals surface area contributed by atoms with Crippen molar-refractivity contribution in [1.29, 1.82) is 0 Å². The van der Waals surface area contributed by atoms with E-state index >= 15 is 0 Å². The minimum Gasteiger partial charge on any atom is -0.371 e. The van der Waals surface area contributed by atoms with E-state index in [2.05, 4.69) is 33.5 Å². The fourth-order valence-corrected chi connectivity index (χ4v) is 2.73.